The van der Waals surface area contributed by atoms with E-state index in [1.165, 1.54) is 19.4 Å². The summed E-state index contributed by atoms with van der Waals surface area (Å²) in [6, 6.07) is 6.35. The number of halogens is 1. The normalized spacial score (nSPS) is 11.3. The number of hydrogen-bond acceptors (Lipinski definition) is 5. The van der Waals surface area contributed by atoms with E-state index >= 15 is 0 Å². The highest BCUT2D eigenvalue weighted by Gasteiger charge is 2.13. The first kappa shape index (κ1) is 14.7. The summed E-state index contributed by atoms with van der Waals surface area (Å²) >= 11 is 5.78. The molecule has 0 saturated heterocycles. The molecular weight excluding hydrogens is 300 g/mol. The van der Waals surface area contributed by atoms with Crippen molar-refractivity contribution in [3.05, 3.63) is 41.3 Å². The van der Waals surface area contributed by atoms with Crippen LogP contribution in [0.25, 0.3) is 0 Å². The highest BCUT2D eigenvalue weighted by Crippen LogP contribution is 2.23. The van der Waals surface area contributed by atoms with Crippen LogP contribution in [0.1, 0.15) is 5.56 Å². The number of aryl methyl sites for hydroxylation is 1. The van der Waals surface area contributed by atoms with Gasteiger partial charge in [0.1, 0.15) is 17.3 Å². The minimum Gasteiger partial charge on any atom is -0.340 e. The molecule has 0 aliphatic carbocycles. The minimum absolute atomic E-state index is 0.174. The summed E-state index contributed by atoms with van der Waals surface area (Å²) in [5.74, 6) is 0.493. The number of hydrogen-bond donors (Lipinski definition) is 2. The Labute approximate surface area is 122 Å². The van der Waals surface area contributed by atoms with Gasteiger partial charge in [-0.25, -0.2) is 23.1 Å². The summed E-state index contributed by atoms with van der Waals surface area (Å²) in [6.07, 6.45) is 1.33. The maximum atomic E-state index is 11.8. The second-order valence-electron chi connectivity index (χ2n) is 4.04. The third-order valence-corrected chi connectivity index (χ3v) is 4.30. The van der Waals surface area contributed by atoms with E-state index in [-0.39, 0.29) is 4.90 Å². The first-order chi connectivity index (χ1) is 9.42. The van der Waals surface area contributed by atoms with Gasteiger partial charge in [0, 0.05) is 11.8 Å². The molecule has 1 aromatic heterocycles. The first-order valence-corrected chi connectivity index (χ1v) is 7.57. The zero-order chi connectivity index (χ0) is 14.8. The second-order valence-corrected chi connectivity index (χ2v) is 6.31. The van der Waals surface area contributed by atoms with Gasteiger partial charge in [-0.3, -0.25) is 0 Å². The molecule has 0 bridgehead atoms. The molecule has 0 atom stereocenters. The van der Waals surface area contributed by atoms with Crippen LogP contribution in [0.5, 0.6) is 0 Å². The van der Waals surface area contributed by atoms with Crippen LogP contribution < -0.4 is 10.0 Å². The van der Waals surface area contributed by atoms with Gasteiger partial charge in [-0.2, -0.15) is 0 Å². The average Bonchev–Trinajstić information content (AvgIpc) is 2.41. The molecule has 0 aliphatic rings. The van der Waals surface area contributed by atoms with Crippen molar-refractivity contribution in [3.63, 3.8) is 0 Å². The van der Waals surface area contributed by atoms with Gasteiger partial charge in [0.05, 0.1) is 4.90 Å². The smallest absolute Gasteiger partial charge is 0.240 e. The van der Waals surface area contributed by atoms with Gasteiger partial charge in [-0.15, -0.1) is 0 Å². The van der Waals surface area contributed by atoms with Gasteiger partial charge in [-0.1, -0.05) is 17.7 Å². The van der Waals surface area contributed by atoms with Gasteiger partial charge in [0.2, 0.25) is 10.0 Å². The summed E-state index contributed by atoms with van der Waals surface area (Å²) in [4.78, 5) is 7.97. The monoisotopic (exact) mass is 312 g/mol. The molecule has 0 radical (unpaired) electrons. The molecule has 2 aromatic rings. The quantitative estimate of drug-likeness (QED) is 0.845. The number of nitrogens with zero attached hydrogens (tertiary/aromatic N) is 2. The van der Waals surface area contributed by atoms with Gasteiger partial charge in [-0.05, 0) is 31.7 Å². The Kier molecular flexibility index (Phi) is 4.22. The molecular formula is C12H13ClN4O2S. The highest BCUT2D eigenvalue weighted by atomic mass is 35.5. The Hall–Kier alpha value is -1.70. The van der Waals surface area contributed by atoms with Crippen LogP contribution in [0, 0.1) is 6.92 Å². The highest BCUT2D eigenvalue weighted by molar-refractivity contribution is 7.89. The van der Waals surface area contributed by atoms with Crippen molar-refractivity contribution in [3.8, 4) is 0 Å². The largest absolute Gasteiger partial charge is 0.340 e. The third-order valence-electron chi connectivity index (χ3n) is 2.68. The van der Waals surface area contributed by atoms with E-state index in [0.29, 0.717) is 16.7 Å². The Bertz CT molecular complexity index is 734. The standard InChI is InChI=1S/C12H13ClN4O2S/c1-8-3-4-9(20(18,19)14-2)5-10(8)17-12-6-11(13)15-7-16-12/h3-7,14H,1-2H3,(H,15,16,17). The van der Waals surface area contributed by atoms with Crippen molar-refractivity contribution in [1.82, 2.24) is 14.7 Å². The van der Waals surface area contributed by atoms with E-state index in [1.807, 2.05) is 6.92 Å². The fraction of sp³-hybridized carbons (Fsp3) is 0.167. The third kappa shape index (κ3) is 3.24. The fourth-order valence-electron chi connectivity index (χ4n) is 1.56. The maximum Gasteiger partial charge on any atom is 0.240 e. The Morgan fingerprint density at radius 1 is 1.20 bits per heavy atom. The van der Waals surface area contributed by atoms with E-state index in [0.717, 1.165) is 5.56 Å². The lowest BCUT2D eigenvalue weighted by molar-refractivity contribution is 0.588. The van der Waals surface area contributed by atoms with Gasteiger partial charge in [0.15, 0.2) is 0 Å². The molecule has 0 fully saturated rings. The number of anilines is 2. The molecule has 0 spiro atoms. The summed E-state index contributed by atoms with van der Waals surface area (Å²) in [7, 11) is -2.12. The number of rotatable bonds is 4. The van der Waals surface area contributed by atoms with Crippen LogP contribution in [0.2, 0.25) is 5.15 Å². The summed E-state index contributed by atoms with van der Waals surface area (Å²) < 4.78 is 25.8. The Balaban J connectivity index is 2.39. The van der Waals surface area contributed by atoms with Crippen molar-refractivity contribution in [1.29, 1.82) is 0 Å². The van der Waals surface area contributed by atoms with Crippen LogP contribution in [0.4, 0.5) is 11.5 Å². The predicted molar refractivity (Wildman–Crippen MR) is 77.7 cm³/mol. The molecule has 0 unspecified atom stereocenters. The Morgan fingerprint density at radius 2 is 1.95 bits per heavy atom. The SMILES string of the molecule is CNS(=O)(=O)c1ccc(C)c(Nc2cc(Cl)ncn2)c1. The molecule has 8 heteroatoms. The van der Waals surface area contributed by atoms with Crippen molar-refractivity contribution < 1.29 is 8.42 Å². The summed E-state index contributed by atoms with van der Waals surface area (Å²) in [6.45, 7) is 1.86. The van der Waals surface area contributed by atoms with Crippen molar-refractivity contribution >= 4 is 33.1 Å². The molecule has 1 aromatic carbocycles. The average molecular weight is 313 g/mol. The van der Waals surface area contributed by atoms with Crippen molar-refractivity contribution in [2.24, 2.45) is 0 Å². The number of aromatic nitrogens is 2. The molecule has 2 rings (SSSR count). The van der Waals surface area contributed by atoms with Gasteiger partial charge < -0.3 is 5.32 Å². The van der Waals surface area contributed by atoms with Crippen LogP contribution in [0.3, 0.4) is 0 Å². The molecule has 2 N–H and O–H groups in total. The van der Waals surface area contributed by atoms with Crippen molar-refractivity contribution in [2.75, 3.05) is 12.4 Å². The number of sulfonamides is 1. The molecule has 0 aliphatic heterocycles. The molecule has 20 heavy (non-hydrogen) atoms. The molecule has 106 valence electrons. The molecule has 6 nitrogen and oxygen atoms in total. The fourth-order valence-corrected chi connectivity index (χ4v) is 2.46. The van der Waals surface area contributed by atoms with E-state index in [9.17, 15) is 8.42 Å². The number of benzene rings is 1. The molecule has 0 saturated carbocycles. The van der Waals surface area contributed by atoms with E-state index in [4.69, 9.17) is 11.6 Å². The lowest BCUT2D eigenvalue weighted by Crippen LogP contribution is -2.18. The maximum absolute atomic E-state index is 11.8. The minimum atomic E-state index is -3.49. The van der Waals surface area contributed by atoms with E-state index in [2.05, 4.69) is 20.0 Å². The second kappa shape index (κ2) is 5.74. The predicted octanol–water partition coefficient (Wildman–Crippen LogP) is 2.09. The van der Waals surface area contributed by atoms with Gasteiger partial charge >= 0.3 is 0 Å². The molecule has 1 heterocycles. The summed E-state index contributed by atoms with van der Waals surface area (Å²) in [5.41, 5.74) is 1.52. The van der Waals surface area contributed by atoms with E-state index in [1.54, 1.807) is 18.2 Å². The zero-order valence-corrected chi connectivity index (χ0v) is 12.5. The zero-order valence-electron chi connectivity index (χ0n) is 10.9. The van der Waals surface area contributed by atoms with Crippen LogP contribution in [-0.2, 0) is 10.0 Å². The van der Waals surface area contributed by atoms with Crippen LogP contribution in [0.15, 0.2) is 35.5 Å². The molecule has 0 amide bonds. The van der Waals surface area contributed by atoms with Crippen LogP contribution in [-0.4, -0.2) is 25.4 Å². The Morgan fingerprint density at radius 3 is 2.60 bits per heavy atom. The lowest BCUT2D eigenvalue weighted by atomic mass is 10.2. The topological polar surface area (TPSA) is 84.0 Å². The van der Waals surface area contributed by atoms with Crippen LogP contribution >= 0.6 is 11.6 Å². The van der Waals surface area contributed by atoms with Gasteiger partial charge in [0.25, 0.3) is 0 Å². The summed E-state index contributed by atoms with van der Waals surface area (Å²) in [5, 5.41) is 3.33. The van der Waals surface area contributed by atoms with Crippen molar-refractivity contribution in [2.45, 2.75) is 11.8 Å². The first-order valence-electron chi connectivity index (χ1n) is 5.71. The number of nitrogens with one attached hydrogen (secondary N) is 2. The lowest BCUT2D eigenvalue weighted by Gasteiger charge is -2.11. The van der Waals surface area contributed by atoms with E-state index < -0.39 is 10.0 Å².